The first-order valence-electron chi connectivity index (χ1n) is 9.50. The Morgan fingerprint density at radius 1 is 1.12 bits per heavy atom. The van der Waals surface area contributed by atoms with Crippen LogP contribution in [0.15, 0.2) is 48.5 Å². The van der Waals surface area contributed by atoms with Crippen molar-refractivity contribution in [2.75, 3.05) is 11.1 Å². The SMILES string of the molecule is NC1NC(SCC(=O)Nc2cccc(C(F)(F)F)c2)NC(=O)C1NC(=O)c1ccc(F)cc1. The Kier molecular flexibility index (Phi) is 7.56. The summed E-state index contributed by atoms with van der Waals surface area (Å²) in [5, 5.41) is 10.2. The van der Waals surface area contributed by atoms with E-state index in [2.05, 4.69) is 21.3 Å². The third-order valence-corrected chi connectivity index (χ3v) is 5.52. The van der Waals surface area contributed by atoms with Gasteiger partial charge in [0.15, 0.2) is 0 Å². The molecular formula is C20H19F4N5O3S. The van der Waals surface area contributed by atoms with E-state index in [1.165, 1.54) is 24.3 Å². The molecule has 6 N–H and O–H groups in total. The van der Waals surface area contributed by atoms with E-state index in [1.54, 1.807) is 0 Å². The van der Waals surface area contributed by atoms with Crippen molar-refractivity contribution in [1.82, 2.24) is 16.0 Å². The molecule has 176 valence electrons. The predicted molar refractivity (Wildman–Crippen MR) is 113 cm³/mol. The first-order valence-corrected chi connectivity index (χ1v) is 10.5. The van der Waals surface area contributed by atoms with E-state index in [9.17, 15) is 31.9 Å². The van der Waals surface area contributed by atoms with Gasteiger partial charge in [-0.2, -0.15) is 13.2 Å². The maximum absolute atomic E-state index is 13.0. The van der Waals surface area contributed by atoms with Crippen LogP contribution in [0.3, 0.4) is 0 Å². The van der Waals surface area contributed by atoms with Crippen LogP contribution in [0.1, 0.15) is 15.9 Å². The number of halogens is 4. The van der Waals surface area contributed by atoms with Gasteiger partial charge in [-0.3, -0.25) is 19.7 Å². The van der Waals surface area contributed by atoms with Crippen molar-refractivity contribution in [3.63, 3.8) is 0 Å². The first kappa shape index (κ1) is 24.5. The molecule has 0 aromatic heterocycles. The van der Waals surface area contributed by atoms with Crippen LogP contribution in [0.4, 0.5) is 23.2 Å². The summed E-state index contributed by atoms with van der Waals surface area (Å²) in [6.45, 7) is 0. The lowest BCUT2D eigenvalue weighted by molar-refractivity contribution is -0.137. The number of carbonyl (C=O) groups is 3. The number of amides is 3. The molecule has 1 aliphatic heterocycles. The Labute approximate surface area is 189 Å². The molecule has 1 saturated heterocycles. The van der Waals surface area contributed by atoms with Crippen LogP contribution in [-0.2, 0) is 15.8 Å². The Balaban J connectivity index is 1.50. The molecule has 0 saturated carbocycles. The van der Waals surface area contributed by atoms with E-state index in [0.717, 1.165) is 36.0 Å². The maximum Gasteiger partial charge on any atom is 0.416 e. The van der Waals surface area contributed by atoms with Gasteiger partial charge >= 0.3 is 6.18 Å². The van der Waals surface area contributed by atoms with Crippen LogP contribution in [0.2, 0.25) is 0 Å². The van der Waals surface area contributed by atoms with Gasteiger partial charge in [-0.25, -0.2) is 4.39 Å². The van der Waals surface area contributed by atoms with E-state index < -0.39 is 53.0 Å². The van der Waals surface area contributed by atoms with Gasteiger partial charge in [0.2, 0.25) is 11.8 Å². The lowest BCUT2D eigenvalue weighted by Crippen LogP contribution is -2.70. The number of rotatable bonds is 6. The third kappa shape index (κ3) is 6.66. The van der Waals surface area contributed by atoms with Crippen molar-refractivity contribution in [2.45, 2.75) is 23.9 Å². The second-order valence-electron chi connectivity index (χ2n) is 6.98. The number of nitrogens with one attached hydrogen (secondary N) is 4. The summed E-state index contributed by atoms with van der Waals surface area (Å²) >= 11 is 0.949. The molecule has 0 radical (unpaired) electrons. The van der Waals surface area contributed by atoms with Crippen molar-refractivity contribution >= 4 is 35.2 Å². The Hall–Kier alpha value is -3.16. The molecule has 8 nitrogen and oxygen atoms in total. The minimum Gasteiger partial charge on any atom is -0.338 e. The maximum atomic E-state index is 13.0. The van der Waals surface area contributed by atoms with Gasteiger partial charge in [0.25, 0.3) is 5.91 Å². The summed E-state index contributed by atoms with van der Waals surface area (Å²) in [7, 11) is 0. The molecule has 2 aromatic carbocycles. The van der Waals surface area contributed by atoms with Crippen molar-refractivity contribution in [2.24, 2.45) is 5.73 Å². The Morgan fingerprint density at radius 2 is 1.82 bits per heavy atom. The monoisotopic (exact) mass is 485 g/mol. The van der Waals surface area contributed by atoms with Crippen LogP contribution in [0.25, 0.3) is 0 Å². The van der Waals surface area contributed by atoms with Crippen LogP contribution in [-0.4, -0.2) is 41.2 Å². The zero-order valence-electron chi connectivity index (χ0n) is 16.8. The van der Waals surface area contributed by atoms with Gasteiger partial charge in [-0.15, -0.1) is 11.8 Å². The highest BCUT2D eigenvalue weighted by atomic mass is 32.2. The number of carbonyl (C=O) groups excluding carboxylic acids is 3. The lowest BCUT2D eigenvalue weighted by atomic mass is 10.1. The molecule has 3 rings (SSSR count). The highest BCUT2D eigenvalue weighted by Crippen LogP contribution is 2.30. The topological polar surface area (TPSA) is 125 Å². The summed E-state index contributed by atoms with van der Waals surface area (Å²) in [5.41, 5.74) is 4.38. The summed E-state index contributed by atoms with van der Waals surface area (Å²) in [4.78, 5) is 36.7. The van der Waals surface area contributed by atoms with Crippen LogP contribution < -0.4 is 27.0 Å². The molecule has 0 aliphatic carbocycles. The van der Waals surface area contributed by atoms with E-state index >= 15 is 0 Å². The molecule has 3 unspecified atom stereocenters. The highest BCUT2D eigenvalue weighted by Gasteiger charge is 2.35. The number of alkyl halides is 3. The molecule has 3 atom stereocenters. The van der Waals surface area contributed by atoms with E-state index in [1.807, 2.05) is 0 Å². The largest absolute Gasteiger partial charge is 0.416 e. The Morgan fingerprint density at radius 3 is 2.45 bits per heavy atom. The number of anilines is 1. The molecule has 3 amide bonds. The van der Waals surface area contributed by atoms with Crippen molar-refractivity contribution < 1.29 is 31.9 Å². The fourth-order valence-electron chi connectivity index (χ4n) is 2.90. The van der Waals surface area contributed by atoms with Crippen molar-refractivity contribution in [3.05, 3.63) is 65.5 Å². The molecule has 0 bridgehead atoms. The first-order chi connectivity index (χ1) is 15.5. The molecule has 1 aliphatic rings. The minimum absolute atomic E-state index is 0.0173. The van der Waals surface area contributed by atoms with E-state index in [-0.39, 0.29) is 17.0 Å². The minimum atomic E-state index is -4.54. The molecule has 1 heterocycles. The lowest BCUT2D eigenvalue weighted by Gasteiger charge is -2.35. The van der Waals surface area contributed by atoms with Crippen LogP contribution in [0, 0.1) is 5.82 Å². The average molecular weight is 485 g/mol. The van der Waals surface area contributed by atoms with Gasteiger partial charge in [0.1, 0.15) is 17.4 Å². The summed E-state index contributed by atoms with van der Waals surface area (Å²) in [5.74, 6) is -2.53. The predicted octanol–water partition coefficient (Wildman–Crippen LogP) is 1.60. The number of hydrogen-bond donors (Lipinski definition) is 5. The molecule has 0 spiro atoms. The average Bonchev–Trinajstić information content (AvgIpc) is 2.75. The molecule has 13 heteroatoms. The summed E-state index contributed by atoms with van der Waals surface area (Å²) < 4.78 is 51.3. The molecule has 1 fully saturated rings. The fourth-order valence-corrected chi connectivity index (χ4v) is 3.74. The zero-order valence-corrected chi connectivity index (χ0v) is 17.6. The van der Waals surface area contributed by atoms with Gasteiger partial charge in [0.05, 0.1) is 17.5 Å². The second kappa shape index (κ2) is 10.2. The Bertz CT molecular complexity index is 1040. The summed E-state index contributed by atoms with van der Waals surface area (Å²) in [6.07, 6.45) is -5.53. The highest BCUT2D eigenvalue weighted by molar-refractivity contribution is 8.00. The second-order valence-corrected chi connectivity index (χ2v) is 8.07. The standard InChI is InChI=1S/C20H19F4N5O3S/c21-12-6-4-10(5-7-12)17(31)27-15-16(25)28-19(29-18(15)32)33-9-14(30)26-13-3-1-2-11(8-13)20(22,23)24/h1-8,15-16,19,28H,9,25H2,(H,26,30)(H,27,31)(H,29,32). The van der Waals surface area contributed by atoms with Crippen molar-refractivity contribution in [3.8, 4) is 0 Å². The number of benzene rings is 2. The number of nitrogens with two attached hydrogens (primary N) is 1. The molecule has 33 heavy (non-hydrogen) atoms. The molecular weight excluding hydrogens is 466 g/mol. The van der Waals surface area contributed by atoms with Crippen LogP contribution >= 0.6 is 11.8 Å². The van der Waals surface area contributed by atoms with Crippen LogP contribution in [0.5, 0.6) is 0 Å². The smallest absolute Gasteiger partial charge is 0.338 e. The van der Waals surface area contributed by atoms with Crippen molar-refractivity contribution in [1.29, 1.82) is 0 Å². The van der Waals surface area contributed by atoms with Gasteiger partial charge < -0.3 is 21.7 Å². The third-order valence-electron chi connectivity index (χ3n) is 4.51. The van der Waals surface area contributed by atoms with E-state index in [4.69, 9.17) is 5.73 Å². The number of thioether (sulfide) groups is 1. The fraction of sp³-hybridized carbons (Fsp3) is 0.250. The molecule has 2 aromatic rings. The van der Waals surface area contributed by atoms with Gasteiger partial charge in [-0.1, -0.05) is 6.07 Å². The number of hydrogen-bond acceptors (Lipinski definition) is 6. The van der Waals surface area contributed by atoms with Gasteiger partial charge in [0, 0.05) is 11.3 Å². The van der Waals surface area contributed by atoms with E-state index in [0.29, 0.717) is 0 Å². The summed E-state index contributed by atoms with van der Waals surface area (Å²) in [6, 6.07) is 7.79. The normalized spacial score (nSPS) is 20.6. The van der Waals surface area contributed by atoms with Gasteiger partial charge in [-0.05, 0) is 42.5 Å². The zero-order chi connectivity index (χ0) is 24.2. The quantitative estimate of drug-likeness (QED) is 0.396.